The van der Waals surface area contributed by atoms with Crippen molar-refractivity contribution in [3.8, 4) is 0 Å². The van der Waals surface area contributed by atoms with Gasteiger partial charge in [-0.1, -0.05) is 48.5 Å². The number of esters is 2. The van der Waals surface area contributed by atoms with E-state index in [1.54, 1.807) is 54.6 Å². The van der Waals surface area contributed by atoms with E-state index in [0.717, 1.165) is 12.2 Å². The molecule has 160 valence electrons. The van der Waals surface area contributed by atoms with Gasteiger partial charge in [0.15, 0.2) is 5.78 Å². The van der Waals surface area contributed by atoms with Gasteiger partial charge in [-0.2, -0.15) is 0 Å². The van der Waals surface area contributed by atoms with Crippen LogP contribution in [0, 0.1) is 0 Å². The van der Waals surface area contributed by atoms with E-state index in [2.05, 4.69) is 0 Å². The van der Waals surface area contributed by atoms with Gasteiger partial charge >= 0.3 is 11.9 Å². The molecule has 7 nitrogen and oxygen atoms in total. The Morgan fingerprint density at radius 3 is 2.13 bits per heavy atom. The Morgan fingerprint density at radius 2 is 1.45 bits per heavy atom. The van der Waals surface area contributed by atoms with Crippen LogP contribution in [0.1, 0.15) is 33.6 Å². The lowest BCUT2D eigenvalue weighted by molar-refractivity contribution is -0.153. The summed E-state index contributed by atoms with van der Waals surface area (Å²) in [5.41, 5.74) is 0.986. The summed E-state index contributed by atoms with van der Waals surface area (Å²) in [6, 6.07) is 16.7. The van der Waals surface area contributed by atoms with Gasteiger partial charge in [0.2, 0.25) is 0 Å². The lowest BCUT2D eigenvalue weighted by Crippen LogP contribution is -2.41. The van der Waals surface area contributed by atoms with Gasteiger partial charge in [0, 0.05) is 23.7 Å². The normalized spacial score (nSPS) is 15.6. The molecule has 1 amide bonds. The number of ketones is 1. The standard InChI is InChI=1S/C24H23NO6/c26-21(18-8-3-1-4-9-18)13-14-22(27)30-16-17-31-24(29)20-12-7-15-25(20)23(28)19-10-5-2-6-11-19/h1-6,8-11,13-14,20H,7,12,15-17H2/b14-13+. The molecule has 0 aliphatic carbocycles. The second kappa shape index (κ2) is 10.9. The largest absolute Gasteiger partial charge is 0.461 e. The Kier molecular flexibility index (Phi) is 7.70. The van der Waals surface area contributed by atoms with Crippen molar-refractivity contribution in [3.63, 3.8) is 0 Å². The van der Waals surface area contributed by atoms with Gasteiger partial charge < -0.3 is 14.4 Å². The number of likely N-dealkylation sites (tertiary alicyclic amines) is 1. The zero-order chi connectivity index (χ0) is 22.1. The van der Waals surface area contributed by atoms with Crippen molar-refractivity contribution in [1.82, 2.24) is 4.90 Å². The third-order valence-corrected chi connectivity index (χ3v) is 4.81. The van der Waals surface area contributed by atoms with Crippen LogP contribution in [0.4, 0.5) is 0 Å². The van der Waals surface area contributed by atoms with E-state index in [-0.39, 0.29) is 24.9 Å². The first kappa shape index (κ1) is 22.0. The summed E-state index contributed by atoms with van der Waals surface area (Å²) in [6.45, 7) is 0.214. The van der Waals surface area contributed by atoms with Gasteiger partial charge in [-0.15, -0.1) is 0 Å². The SMILES string of the molecule is O=C(/C=C/C(=O)c1ccccc1)OCCOC(=O)C1CCCN1C(=O)c1ccccc1. The summed E-state index contributed by atoms with van der Waals surface area (Å²) in [4.78, 5) is 50.2. The van der Waals surface area contributed by atoms with Crippen LogP contribution in [0.25, 0.3) is 0 Å². The number of carbonyl (C=O) groups is 4. The van der Waals surface area contributed by atoms with Crippen LogP contribution in [-0.2, 0) is 19.1 Å². The maximum atomic E-state index is 12.6. The monoisotopic (exact) mass is 421 g/mol. The molecule has 0 bridgehead atoms. The molecule has 1 fully saturated rings. The fourth-order valence-corrected chi connectivity index (χ4v) is 3.27. The maximum absolute atomic E-state index is 12.6. The lowest BCUT2D eigenvalue weighted by Gasteiger charge is -2.23. The molecule has 2 aromatic carbocycles. The molecule has 1 atom stereocenters. The molecular weight excluding hydrogens is 398 g/mol. The molecule has 1 aliphatic rings. The van der Waals surface area contributed by atoms with E-state index in [0.29, 0.717) is 30.5 Å². The number of ether oxygens (including phenoxy) is 2. The van der Waals surface area contributed by atoms with Crippen molar-refractivity contribution < 1.29 is 28.7 Å². The third kappa shape index (κ3) is 6.12. The number of hydrogen-bond donors (Lipinski definition) is 0. The highest BCUT2D eigenvalue weighted by Crippen LogP contribution is 2.21. The predicted octanol–water partition coefficient (Wildman–Crippen LogP) is 2.82. The van der Waals surface area contributed by atoms with Crippen molar-refractivity contribution in [2.45, 2.75) is 18.9 Å². The zero-order valence-corrected chi connectivity index (χ0v) is 16.9. The molecule has 0 saturated carbocycles. The van der Waals surface area contributed by atoms with Crippen LogP contribution in [0.3, 0.4) is 0 Å². The molecule has 0 N–H and O–H groups in total. The van der Waals surface area contributed by atoms with E-state index in [1.807, 2.05) is 6.07 Å². The van der Waals surface area contributed by atoms with Crippen molar-refractivity contribution >= 4 is 23.6 Å². The topological polar surface area (TPSA) is 90.0 Å². The number of benzene rings is 2. The van der Waals surface area contributed by atoms with Gasteiger partial charge in [-0.25, -0.2) is 9.59 Å². The van der Waals surface area contributed by atoms with Gasteiger partial charge in [-0.3, -0.25) is 9.59 Å². The highest BCUT2D eigenvalue weighted by atomic mass is 16.6. The Balaban J connectivity index is 1.41. The molecule has 2 aromatic rings. The summed E-state index contributed by atoms with van der Waals surface area (Å²) in [5.74, 6) is -1.75. The number of amides is 1. The second-order valence-corrected chi connectivity index (χ2v) is 6.92. The molecule has 31 heavy (non-hydrogen) atoms. The zero-order valence-electron chi connectivity index (χ0n) is 16.9. The average molecular weight is 421 g/mol. The van der Waals surface area contributed by atoms with E-state index in [4.69, 9.17) is 9.47 Å². The third-order valence-electron chi connectivity index (χ3n) is 4.81. The summed E-state index contributed by atoms with van der Waals surface area (Å²) in [6.07, 6.45) is 3.42. The maximum Gasteiger partial charge on any atom is 0.331 e. The highest BCUT2D eigenvalue weighted by molar-refractivity contribution is 6.06. The minimum atomic E-state index is -0.706. The smallest absolute Gasteiger partial charge is 0.331 e. The molecular formula is C24H23NO6. The van der Waals surface area contributed by atoms with Gasteiger partial charge in [0.25, 0.3) is 5.91 Å². The van der Waals surface area contributed by atoms with Gasteiger partial charge in [0.1, 0.15) is 19.3 Å². The first-order valence-electron chi connectivity index (χ1n) is 10.0. The molecule has 1 heterocycles. The van der Waals surface area contributed by atoms with E-state index in [9.17, 15) is 19.2 Å². The first-order valence-corrected chi connectivity index (χ1v) is 10.0. The van der Waals surface area contributed by atoms with Crippen LogP contribution >= 0.6 is 0 Å². The molecule has 1 unspecified atom stereocenters. The number of allylic oxidation sites excluding steroid dienone is 1. The van der Waals surface area contributed by atoms with Crippen LogP contribution in [0.5, 0.6) is 0 Å². The van der Waals surface area contributed by atoms with Crippen molar-refractivity contribution in [1.29, 1.82) is 0 Å². The number of hydrogen-bond acceptors (Lipinski definition) is 6. The molecule has 0 aromatic heterocycles. The molecule has 0 spiro atoms. The Hall–Kier alpha value is -3.74. The van der Waals surface area contributed by atoms with Gasteiger partial charge in [-0.05, 0) is 31.1 Å². The molecule has 7 heteroatoms. The Morgan fingerprint density at radius 1 is 0.839 bits per heavy atom. The van der Waals surface area contributed by atoms with E-state index in [1.165, 1.54) is 4.90 Å². The average Bonchev–Trinajstić information content (AvgIpc) is 3.31. The first-order chi connectivity index (χ1) is 15.1. The van der Waals surface area contributed by atoms with Crippen molar-refractivity contribution in [3.05, 3.63) is 83.9 Å². The fourth-order valence-electron chi connectivity index (χ4n) is 3.27. The Labute approximate surface area is 180 Å². The highest BCUT2D eigenvalue weighted by Gasteiger charge is 2.35. The quantitative estimate of drug-likeness (QED) is 0.282. The summed E-state index contributed by atoms with van der Waals surface area (Å²) >= 11 is 0. The molecule has 1 aliphatic heterocycles. The fraction of sp³-hybridized carbons (Fsp3) is 0.250. The van der Waals surface area contributed by atoms with E-state index < -0.39 is 18.0 Å². The van der Waals surface area contributed by atoms with Crippen LogP contribution in [-0.4, -0.2) is 54.3 Å². The number of nitrogens with zero attached hydrogens (tertiary/aromatic N) is 1. The molecule has 1 saturated heterocycles. The Bertz CT molecular complexity index is 955. The summed E-state index contributed by atoms with van der Waals surface area (Å²) < 4.78 is 10.1. The van der Waals surface area contributed by atoms with Crippen molar-refractivity contribution in [2.75, 3.05) is 19.8 Å². The van der Waals surface area contributed by atoms with Crippen molar-refractivity contribution in [2.24, 2.45) is 0 Å². The minimum absolute atomic E-state index is 0.130. The number of rotatable bonds is 8. The summed E-state index contributed by atoms with van der Waals surface area (Å²) in [5, 5.41) is 0. The van der Waals surface area contributed by atoms with Crippen LogP contribution < -0.4 is 0 Å². The molecule has 0 radical (unpaired) electrons. The van der Waals surface area contributed by atoms with E-state index >= 15 is 0 Å². The number of carbonyl (C=O) groups excluding carboxylic acids is 4. The minimum Gasteiger partial charge on any atom is -0.461 e. The summed E-state index contributed by atoms with van der Waals surface area (Å²) in [7, 11) is 0. The van der Waals surface area contributed by atoms with Gasteiger partial charge in [0.05, 0.1) is 0 Å². The van der Waals surface area contributed by atoms with Crippen LogP contribution in [0.2, 0.25) is 0 Å². The lowest BCUT2D eigenvalue weighted by atomic mass is 10.1. The predicted molar refractivity (Wildman–Crippen MR) is 112 cm³/mol. The van der Waals surface area contributed by atoms with Crippen LogP contribution in [0.15, 0.2) is 72.8 Å². The molecule has 3 rings (SSSR count). The second-order valence-electron chi connectivity index (χ2n) is 6.92.